The van der Waals surface area contributed by atoms with Gasteiger partial charge >= 0.3 is 0 Å². The third-order valence-electron chi connectivity index (χ3n) is 0.979. The minimum Gasteiger partial charge on any atom is -0.497 e. The Kier molecular flexibility index (Phi) is 54.3. The van der Waals surface area contributed by atoms with Crippen molar-refractivity contribution in [3.05, 3.63) is 30.3 Å². The molecule has 34 heavy (non-hydrogen) atoms. The van der Waals surface area contributed by atoms with Gasteiger partial charge in [-0.3, -0.25) is 0 Å². The molecule has 1 aromatic rings. The second kappa shape index (κ2) is 36.8. The second-order valence-electron chi connectivity index (χ2n) is 9.88. The summed E-state index contributed by atoms with van der Waals surface area (Å²) in [4.78, 5) is 0. The maximum absolute atomic E-state index is 9.63. The summed E-state index contributed by atoms with van der Waals surface area (Å²) in [6.45, 7) is 21.5. The first kappa shape index (κ1) is 50.2. The van der Waals surface area contributed by atoms with E-state index in [2.05, 4.69) is 64.9 Å². The van der Waals surface area contributed by atoms with Crippen LogP contribution < -0.4 is 4.74 Å². The molecule has 0 bridgehead atoms. The Bertz CT molecular complexity index is 481. The number of rotatable bonds is 1. The Hall–Kier alpha value is -0.760. The summed E-state index contributed by atoms with van der Waals surface area (Å²) < 4.78 is 32.7. The van der Waals surface area contributed by atoms with Crippen molar-refractivity contribution in [3.63, 3.8) is 0 Å². The molecule has 0 aliphatic rings. The zero-order valence-electron chi connectivity index (χ0n) is 26.2. The molecule has 0 aliphatic heterocycles. The molecule has 0 aliphatic carbocycles. The van der Waals surface area contributed by atoms with Crippen LogP contribution in [0.15, 0.2) is 30.3 Å². The minimum absolute atomic E-state index is 0.500. The highest BCUT2D eigenvalue weighted by Crippen LogP contribution is 2.08. The molecule has 1 rings (SSSR count). The van der Waals surface area contributed by atoms with E-state index in [1.165, 1.54) is 0 Å². The van der Waals surface area contributed by atoms with Crippen LogP contribution in [0.2, 0.25) is 0 Å². The molecule has 7 heteroatoms. The highest BCUT2D eigenvalue weighted by Gasteiger charge is 1.96. The van der Waals surface area contributed by atoms with Gasteiger partial charge in [-0.2, -0.15) is 11.8 Å². The van der Waals surface area contributed by atoms with Gasteiger partial charge in [0.1, 0.15) is 15.6 Å². The zero-order chi connectivity index (χ0) is 29.4. The summed E-state index contributed by atoms with van der Waals surface area (Å²) in [6.07, 6.45) is 6.40. The van der Waals surface area contributed by atoms with E-state index in [0.29, 0.717) is 10.8 Å². The van der Waals surface area contributed by atoms with Crippen LogP contribution in [-0.4, -0.2) is 69.0 Å². The number of benzene rings is 1. The topological polar surface area (TPSA) is 61.8 Å². The van der Waals surface area contributed by atoms with Gasteiger partial charge in [0.15, 0.2) is 0 Å². The number of hydrogen-bond acceptors (Lipinski definition) is 6. The average Bonchev–Trinajstić information content (AvgIpc) is 2.62. The lowest BCUT2D eigenvalue weighted by molar-refractivity contribution is 0.277. The van der Waals surface area contributed by atoms with Crippen molar-refractivity contribution in [2.24, 2.45) is 10.8 Å². The average molecular weight is 531 g/mol. The molecule has 0 fully saturated rings. The van der Waals surface area contributed by atoms with Crippen molar-refractivity contribution in [2.45, 2.75) is 69.2 Å². The number of methoxy groups -OCH3 is 3. The molecule has 0 spiro atoms. The van der Waals surface area contributed by atoms with Gasteiger partial charge in [-0.1, -0.05) is 87.4 Å². The van der Waals surface area contributed by atoms with Gasteiger partial charge in [-0.05, 0) is 35.5 Å². The SMILES string of the molecule is CC.CC(C)(C)C.CC(C)(C)C.COC.COC.COc1ccccc1.CS(C)(=O)=O.CSC. The van der Waals surface area contributed by atoms with E-state index in [4.69, 9.17) is 4.74 Å². The smallest absolute Gasteiger partial charge is 0.144 e. The fourth-order valence-electron chi connectivity index (χ4n) is 0.557. The summed E-state index contributed by atoms with van der Waals surface area (Å²) in [5.41, 5.74) is 1.00. The normalized spacial score (nSPS) is 9.03. The predicted molar refractivity (Wildman–Crippen MR) is 161 cm³/mol. The van der Waals surface area contributed by atoms with Crippen LogP contribution in [0, 0.1) is 10.8 Å². The largest absolute Gasteiger partial charge is 0.497 e. The van der Waals surface area contributed by atoms with Crippen molar-refractivity contribution in [2.75, 3.05) is 60.6 Å². The molecular formula is C27H62O5S2. The van der Waals surface area contributed by atoms with E-state index in [9.17, 15) is 8.42 Å². The van der Waals surface area contributed by atoms with E-state index in [1.807, 2.05) is 56.7 Å². The Morgan fingerprint density at radius 1 is 0.647 bits per heavy atom. The van der Waals surface area contributed by atoms with Crippen molar-refractivity contribution in [1.29, 1.82) is 0 Å². The summed E-state index contributed by atoms with van der Waals surface area (Å²) in [5.74, 6) is 0.910. The van der Waals surface area contributed by atoms with Gasteiger partial charge in [-0.15, -0.1) is 0 Å². The summed E-state index contributed by atoms with van der Waals surface area (Å²) in [6, 6.07) is 9.68. The van der Waals surface area contributed by atoms with Crippen molar-refractivity contribution >= 4 is 21.6 Å². The highest BCUT2D eigenvalue weighted by molar-refractivity contribution is 7.97. The van der Waals surface area contributed by atoms with Crippen LogP contribution in [0.4, 0.5) is 0 Å². The monoisotopic (exact) mass is 530 g/mol. The lowest BCUT2D eigenvalue weighted by atomic mass is 10.0. The van der Waals surface area contributed by atoms with Gasteiger partial charge in [0.25, 0.3) is 0 Å². The van der Waals surface area contributed by atoms with Crippen LogP contribution in [-0.2, 0) is 19.3 Å². The number of ether oxygens (including phenoxy) is 3. The number of hydrogen-bond donors (Lipinski definition) is 0. The first-order valence-corrected chi connectivity index (χ1v) is 15.1. The summed E-state index contributed by atoms with van der Waals surface area (Å²) >= 11 is 1.75. The fraction of sp³-hybridized carbons (Fsp3) is 0.778. The van der Waals surface area contributed by atoms with Gasteiger partial charge in [0.05, 0.1) is 7.11 Å². The summed E-state index contributed by atoms with van der Waals surface area (Å²) in [7, 11) is 5.50. The first-order chi connectivity index (χ1) is 15.2. The molecule has 1 aromatic carbocycles. The van der Waals surface area contributed by atoms with Gasteiger partial charge in [-0.25, -0.2) is 8.42 Å². The predicted octanol–water partition coefficient (Wildman–Crippen LogP) is 7.99. The van der Waals surface area contributed by atoms with Crippen LogP contribution in [0.5, 0.6) is 5.75 Å². The standard InChI is InChI=1S/C7H8O.2C5H12.C2H6O2S.2C2H6O.C2H6S.C2H6/c1-8-7-5-3-2-4-6-7;3*1-5(2,3)4;3*1-3-2;1-2/h2-6H,1H3;2*1-4H3;1-2H3;3*1-2H3;1-2H3. The van der Waals surface area contributed by atoms with Crippen LogP contribution in [0.1, 0.15) is 69.2 Å². The molecule has 0 N–H and O–H groups in total. The van der Waals surface area contributed by atoms with Crippen LogP contribution in [0.25, 0.3) is 0 Å². The fourth-order valence-corrected chi connectivity index (χ4v) is 0.557. The number of thioether (sulfide) groups is 1. The molecule has 0 unspecified atom stereocenters. The molecule has 0 heterocycles. The molecule has 0 atom stereocenters. The lowest BCUT2D eigenvalue weighted by Crippen LogP contribution is -1.93. The Labute approximate surface area is 220 Å². The highest BCUT2D eigenvalue weighted by atomic mass is 32.2. The molecule has 0 saturated carbocycles. The second-order valence-corrected chi connectivity index (χ2v) is 13.0. The van der Waals surface area contributed by atoms with Gasteiger partial charge in [0.2, 0.25) is 0 Å². The van der Waals surface area contributed by atoms with Crippen LogP contribution >= 0.6 is 11.8 Å². The Balaban J connectivity index is -0.0000000511. The van der Waals surface area contributed by atoms with Gasteiger partial charge < -0.3 is 14.2 Å². The zero-order valence-corrected chi connectivity index (χ0v) is 27.9. The molecular weight excluding hydrogens is 468 g/mol. The molecule has 0 amide bonds. The Morgan fingerprint density at radius 3 is 0.882 bits per heavy atom. The van der Waals surface area contributed by atoms with E-state index in [-0.39, 0.29) is 0 Å². The van der Waals surface area contributed by atoms with Gasteiger partial charge in [0, 0.05) is 41.0 Å². The molecule has 0 saturated heterocycles. The van der Waals surface area contributed by atoms with Crippen LogP contribution in [0.3, 0.4) is 0 Å². The van der Waals surface area contributed by atoms with Crippen molar-refractivity contribution < 1.29 is 22.6 Å². The quantitative estimate of drug-likeness (QED) is 0.366. The van der Waals surface area contributed by atoms with E-state index >= 15 is 0 Å². The molecule has 0 aromatic heterocycles. The maximum atomic E-state index is 9.63. The number of para-hydroxylation sites is 1. The van der Waals surface area contributed by atoms with E-state index in [1.54, 1.807) is 47.3 Å². The molecule has 0 radical (unpaired) electrons. The van der Waals surface area contributed by atoms with E-state index < -0.39 is 9.84 Å². The summed E-state index contributed by atoms with van der Waals surface area (Å²) in [5, 5.41) is 0. The molecule has 5 nitrogen and oxygen atoms in total. The number of sulfone groups is 1. The minimum atomic E-state index is -2.67. The van der Waals surface area contributed by atoms with Crippen molar-refractivity contribution in [3.8, 4) is 5.75 Å². The molecule has 212 valence electrons. The van der Waals surface area contributed by atoms with E-state index in [0.717, 1.165) is 18.3 Å². The first-order valence-electron chi connectivity index (χ1n) is 11.1. The third kappa shape index (κ3) is 335. The maximum Gasteiger partial charge on any atom is 0.144 e. The lowest BCUT2D eigenvalue weighted by Gasteiger charge is -2.05. The van der Waals surface area contributed by atoms with Crippen molar-refractivity contribution in [1.82, 2.24) is 0 Å². The third-order valence-corrected chi connectivity index (χ3v) is 0.979. The Morgan fingerprint density at radius 2 is 0.794 bits per heavy atom.